The molecule has 1 heterocycles. The Hall–Kier alpha value is -2.12. The molecule has 18 heavy (non-hydrogen) atoms. The molecule has 0 aliphatic rings. The first-order valence-corrected chi connectivity index (χ1v) is 5.44. The number of hydrogen-bond acceptors (Lipinski definition) is 3. The normalized spacial score (nSPS) is 9.89. The summed E-state index contributed by atoms with van der Waals surface area (Å²) in [5.74, 6) is 0.0951. The molecular formula is C13H8ClFN2O. The maximum Gasteiger partial charge on any atom is 0.147 e. The van der Waals surface area contributed by atoms with E-state index < -0.39 is 5.82 Å². The van der Waals surface area contributed by atoms with Crippen LogP contribution in [0.3, 0.4) is 0 Å². The fourth-order valence-electron chi connectivity index (χ4n) is 1.55. The summed E-state index contributed by atoms with van der Waals surface area (Å²) in [5, 5.41) is 8.85. The summed E-state index contributed by atoms with van der Waals surface area (Å²) in [4.78, 5) is 4.06. The molecule has 0 saturated heterocycles. The fraction of sp³-hybridized carbons (Fsp3) is 0.0769. The van der Waals surface area contributed by atoms with Crippen molar-refractivity contribution < 1.29 is 9.13 Å². The summed E-state index contributed by atoms with van der Waals surface area (Å²) in [6.07, 6.45) is 0. The smallest absolute Gasteiger partial charge is 0.147 e. The van der Waals surface area contributed by atoms with Crippen LogP contribution in [0.15, 0.2) is 30.3 Å². The van der Waals surface area contributed by atoms with Crippen molar-refractivity contribution in [3.8, 4) is 23.1 Å². The summed E-state index contributed by atoms with van der Waals surface area (Å²) >= 11 is 5.85. The Morgan fingerprint density at radius 1 is 1.33 bits per heavy atom. The van der Waals surface area contributed by atoms with Gasteiger partial charge < -0.3 is 4.74 Å². The Morgan fingerprint density at radius 3 is 2.72 bits per heavy atom. The van der Waals surface area contributed by atoms with Crippen molar-refractivity contribution in [3.63, 3.8) is 0 Å². The highest BCUT2D eigenvalue weighted by molar-refractivity contribution is 6.30. The lowest BCUT2D eigenvalue weighted by Crippen LogP contribution is -1.92. The van der Waals surface area contributed by atoms with Gasteiger partial charge in [0.25, 0.3) is 0 Å². The number of halogens is 2. The maximum atomic E-state index is 13.2. The lowest BCUT2D eigenvalue weighted by molar-refractivity contribution is 0.415. The quantitative estimate of drug-likeness (QED) is 0.779. The maximum absolute atomic E-state index is 13.2. The SMILES string of the molecule is COc1ccc(F)cc1-c1ccc(C#N)c(Cl)n1. The van der Waals surface area contributed by atoms with Gasteiger partial charge in [0.15, 0.2) is 0 Å². The summed E-state index contributed by atoms with van der Waals surface area (Å²) in [6, 6.07) is 9.17. The highest BCUT2D eigenvalue weighted by atomic mass is 35.5. The van der Waals surface area contributed by atoms with Crippen molar-refractivity contribution in [2.24, 2.45) is 0 Å². The predicted molar refractivity (Wildman–Crippen MR) is 65.9 cm³/mol. The highest BCUT2D eigenvalue weighted by Gasteiger charge is 2.10. The van der Waals surface area contributed by atoms with Crippen molar-refractivity contribution in [1.29, 1.82) is 5.26 Å². The number of nitriles is 1. The number of rotatable bonds is 2. The second-order valence-electron chi connectivity index (χ2n) is 3.49. The van der Waals surface area contributed by atoms with Gasteiger partial charge in [-0.05, 0) is 30.3 Å². The van der Waals surface area contributed by atoms with Gasteiger partial charge in [-0.2, -0.15) is 5.26 Å². The first kappa shape index (κ1) is 12.3. The molecule has 3 nitrogen and oxygen atoms in total. The number of aromatic nitrogens is 1. The van der Waals surface area contributed by atoms with E-state index in [1.54, 1.807) is 6.07 Å². The van der Waals surface area contributed by atoms with Gasteiger partial charge in [-0.25, -0.2) is 9.37 Å². The first-order chi connectivity index (χ1) is 8.65. The molecule has 90 valence electrons. The molecule has 0 radical (unpaired) electrons. The van der Waals surface area contributed by atoms with Crippen LogP contribution in [0.2, 0.25) is 5.15 Å². The monoisotopic (exact) mass is 262 g/mol. The van der Waals surface area contributed by atoms with Crippen LogP contribution in [0, 0.1) is 17.1 Å². The molecule has 0 amide bonds. The number of methoxy groups -OCH3 is 1. The van der Waals surface area contributed by atoms with Crippen LogP contribution in [0.4, 0.5) is 4.39 Å². The Balaban J connectivity index is 2.58. The number of pyridine rings is 1. The first-order valence-electron chi connectivity index (χ1n) is 5.06. The third kappa shape index (κ3) is 2.27. The van der Waals surface area contributed by atoms with Crippen LogP contribution in [-0.4, -0.2) is 12.1 Å². The molecule has 0 fully saturated rings. The Kier molecular flexibility index (Phi) is 3.45. The lowest BCUT2D eigenvalue weighted by Gasteiger charge is -2.08. The predicted octanol–water partition coefficient (Wildman–Crippen LogP) is 3.42. The second-order valence-corrected chi connectivity index (χ2v) is 3.85. The van der Waals surface area contributed by atoms with Gasteiger partial charge in [-0.15, -0.1) is 0 Å². The van der Waals surface area contributed by atoms with Crippen LogP contribution >= 0.6 is 11.6 Å². The summed E-state index contributed by atoms with van der Waals surface area (Å²) in [6.45, 7) is 0. The third-order valence-corrected chi connectivity index (χ3v) is 2.69. The second kappa shape index (κ2) is 5.03. The topological polar surface area (TPSA) is 45.9 Å². The van der Waals surface area contributed by atoms with E-state index in [0.29, 0.717) is 17.0 Å². The van der Waals surface area contributed by atoms with Crippen LogP contribution < -0.4 is 4.74 Å². The minimum Gasteiger partial charge on any atom is -0.496 e. The van der Waals surface area contributed by atoms with E-state index in [1.807, 2.05) is 6.07 Å². The van der Waals surface area contributed by atoms with E-state index in [-0.39, 0.29) is 10.7 Å². The van der Waals surface area contributed by atoms with E-state index in [1.165, 1.54) is 31.4 Å². The summed E-state index contributed by atoms with van der Waals surface area (Å²) < 4.78 is 18.4. The zero-order chi connectivity index (χ0) is 13.1. The molecule has 2 aromatic rings. The van der Waals surface area contributed by atoms with E-state index >= 15 is 0 Å². The number of nitrogens with zero attached hydrogens (tertiary/aromatic N) is 2. The van der Waals surface area contributed by atoms with Gasteiger partial charge >= 0.3 is 0 Å². The molecule has 0 N–H and O–H groups in total. The molecule has 0 aliphatic heterocycles. The van der Waals surface area contributed by atoms with E-state index in [0.717, 1.165) is 0 Å². The van der Waals surface area contributed by atoms with Crippen molar-refractivity contribution in [2.75, 3.05) is 7.11 Å². The Morgan fingerprint density at radius 2 is 2.11 bits per heavy atom. The molecular weight excluding hydrogens is 255 g/mol. The minimum absolute atomic E-state index is 0.0846. The van der Waals surface area contributed by atoms with E-state index in [4.69, 9.17) is 21.6 Å². The molecule has 0 aliphatic carbocycles. The van der Waals surface area contributed by atoms with Crippen molar-refractivity contribution in [1.82, 2.24) is 4.98 Å². The standard InChI is InChI=1S/C13H8ClFN2O/c1-18-12-5-3-9(15)6-10(12)11-4-2-8(7-16)13(14)17-11/h2-6H,1H3. The Bertz CT molecular complexity index is 637. The largest absolute Gasteiger partial charge is 0.496 e. The van der Waals surface area contributed by atoms with Crippen LogP contribution in [0.1, 0.15) is 5.56 Å². The number of benzene rings is 1. The number of hydrogen-bond donors (Lipinski definition) is 0. The zero-order valence-corrected chi connectivity index (χ0v) is 10.2. The lowest BCUT2D eigenvalue weighted by atomic mass is 10.1. The average Bonchev–Trinajstić information content (AvgIpc) is 2.38. The highest BCUT2D eigenvalue weighted by Crippen LogP contribution is 2.30. The molecule has 0 spiro atoms. The molecule has 0 bridgehead atoms. The minimum atomic E-state index is -0.395. The van der Waals surface area contributed by atoms with E-state index in [9.17, 15) is 4.39 Å². The van der Waals surface area contributed by atoms with Gasteiger partial charge in [-0.1, -0.05) is 11.6 Å². The number of ether oxygens (including phenoxy) is 1. The Labute approximate surface area is 108 Å². The van der Waals surface area contributed by atoms with Gasteiger partial charge in [0.05, 0.1) is 18.4 Å². The van der Waals surface area contributed by atoms with E-state index in [2.05, 4.69) is 4.98 Å². The molecule has 2 rings (SSSR count). The van der Waals surface area contributed by atoms with Gasteiger partial charge in [0.2, 0.25) is 0 Å². The summed E-state index contributed by atoms with van der Waals surface area (Å²) in [5.41, 5.74) is 1.22. The van der Waals surface area contributed by atoms with Crippen LogP contribution in [-0.2, 0) is 0 Å². The van der Waals surface area contributed by atoms with Crippen LogP contribution in [0.5, 0.6) is 5.75 Å². The molecule has 1 aromatic heterocycles. The van der Waals surface area contributed by atoms with Gasteiger partial charge in [-0.3, -0.25) is 0 Å². The molecule has 5 heteroatoms. The van der Waals surface area contributed by atoms with Crippen molar-refractivity contribution in [2.45, 2.75) is 0 Å². The molecule has 0 atom stereocenters. The average molecular weight is 263 g/mol. The molecule has 1 aromatic carbocycles. The zero-order valence-electron chi connectivity index (χ0n) is 9.45. The van der Waals surface area contributed by atoms with Crippen molar-refractivity contribution >= 4 is 11.6 Å². The molecule has 0 unspecified atom stereocenters. The van der Waals surface area contributed by atoms with Crippen LogP contribution in [0.25, 0.3) is 11.3 Å². The van der Waals surface area contributed by atoms with Gasteiger partial charge in [0, 0.05) is 5.56 Å². The third-order valence-electron chi connectivity index (χ3n) is 2.41. The molecule has 0 saturated carbocycles. The summed E-state index contributed by atoms with van der Waals surface area (Å²) in [7, 11) is 1.49. The fourth-order valence-corrected chi connectivity index (χ4v) is 1.74. The van der Waals surface area contributed by atoms with Gasteiger partial charge in [0.1, 0.15) is 22.8 Å². The van der Waals surface area contributed by atoms with Crippen molar-refractivity contribution in [3.05, 3.63) is 46.9 Å².